The highest BCUT2D eigenvalue weighted by Gasteiger charge is 2.28. The van der Waals surface area contributed by atoms with Crippen LogP contribution in [0, 0.1) is 5.92 Å². The van der Waals surface area contributed by atoms with Crippen molar-refractivity contribution in [2.45, 2.75) is 52.0 Å². The third-order valence-electron chi connectivity index (χ3n) is 3.49. The zero-order chi connectivity index (χ0) is 12.4. The molecule has 0 radical (unpaired) electrons. The van der Waals surface area contributed by atoms with Crippen LogP contribution in [0.5, 0.6) is 0 Å². The lowest BCUT2D eigenvalue weighted by atomic mass is 10.1. The summed E-state index contributed by atoms with van der Waals surface area (Å²) in [6.07, 6.45) is 5.37. The second kappa shape index (κ2) is 4.85. The quantitative estimate of drug-likeness (QED) is 0.816. The summed E-state index contributed by atoms with van der Waals surface area (Å²) < 4.78 is 1.92. The minimum absolute atomic E-state index is 0.323. The molecule has 2 N–H and O–H groups in total. The number of nitrogens with zero attached hydrogens (tertiary/aromatic N) is 3. The van der Waals surface area contributed by atoms with Gasteiger partial charge in [0.2, 0.25) is 0 Å². The van der Waals surface area contributed by atoms with Crippen LogP contribution in [0.1, 0.15) is 61.8 Å². The summed E-state index contributed by atoms with van der Waals surface area (Å²) in [7, 11) is 0. The van der Waals surface area contributed by atoms with Gasteiger partial charge in [-0.2, -0.15) is 0 Å². The highest BCUT2D eigenvalue weighted by Crippen LogP contribution is 2.34. The molecule has 5 heteroatoms. The molecule has 0 aliphatic heterocycles. The molecule has 2 rings (SSSR count). The summed E-state index contributed by atoms with van der Waals surface area (Å²) in [6, 6.07) is 0.323. The molecular weight excluding hydrogens is 216 g/mol. The smallest absolute Gasteiger partial charge is 0.271 e. The van der Waals surface area contributed by atoms with Crippen LogP contribution >= 0.6 is 0 Å². The van der Waals surface area contributed by atoms with Gasteiger partial charge in [-0.25, -0.2) is 4.68 Å². The molecule has 0 unspecified atom stereocenters. The molecule has 1 heterocycles. The third-order valence-corrected chi connectivity index (χ3v) is 3.49. The molecule has 0 saturated heterocycles. The lowest BCUT2D eigenvalue weighted by molar-refractivity contribution is 0.0994. The Labute approximate surface area is 101 Å². The Morgan fingerprint density at radius 1 is 1.47 bits per heavy atom. The summed E-state index contributed by atoms with van der Waals surface area (Å²) in [5, 5.41) is 8.08. The van der Waals surface area contributed by atoms with Gasteiger partial charge in [0.05, 0.1) is 11.7 Å². The molecule has 0 atom stereocenters. The molecule has 5 nitrogen and oxygen atoms in total. The van der Waals surface area contributed by atoms with Crippen LogP contribution in [-0.4, -0.2) is 20.9 Å². The van der Waals surface area contributed by atoms with Crippen molar-refractivity contribution in [3.05, 3.63) is 11.4 Å². The van der Waals surface area contributed by atoms with E-state index in [1.54, 1.807) is 0 Å². The van der Waals surface area contributed by atoms with E-state index in [0.29, 0.717) is 17.7 Å². The van der Waals surface area contributed by atoms with E-state index in [0.717, 1.165) is 25.0 Å². The normalized spacial score (nSPS) is 15.5. The lowest BCUT2D eigenvalue weighted by Crippen LogP contribution is -2.17. The average molecular weight is 236 g/mol. The number of hydrogen-bond donors (Lipinski definition) is 1. The first-order chi connectivity index (χ1) is 8.17. The third kappa shape index (κ3) is 2.48. The number of aromatic nitrogens is 3. The SMILES string of the molecule is CCC(CC)n1nnc(C(N)=O)c1CC1CC1. The van der Waals surface area contributed by atoms with Gasteiger partial charge in [-0.15, -0.1) is 5.10 Å². The Kier molecular flexibility index (Phi) is 3.45. The van der Waals surface area contributed by atoms with Crippen molar-refractivity contribution in [1.82, 2.24) is 15.0 Å². The zero-order valence-corrected chi connectivity index (χ0v) is 10.5. The van der Waals surface area contributed by atoms with Gasteiger partial charge in [0.1, 0.15) is 0 Å². The van der Waals surface area contributed by atoms with Gasteiger partial charge in [-0.1, -0.05) is 19.1 Å². The van der Waals surface area contributed by atoms with Crippen molar-refractivity contribution < 1.29 is 4.79 Å². The van der Waals surface area contributed by atoms with E-state index in [-0.39, 0.29) is 0 Å². The largest absolute Gasteiger partial charge is 0.364 e. The summed E-state index contributed by atoms with van der Waals surface area (Å²) in [5.74, 6) is 0.234. The average Bonchev–Trinajstić information content (AvgIpc) is 3.01. The summed E-state index contributed by atoms with van der Waals surface area (Å²) in [4.78, 5) is 11.3. The molecule has 1 aromatic heterocycles. The van der Waals surface area contributed by atoms with E-state index >= 15 is 0 Å². The van der Waals surface area contributed by atoms with Gasteiger partial charge >= 0.3 is 0 Å². The Bertz CT molecular complexity index is 405. The fourth-order valence-electron chi connectivity index (χ4n) is 2.22. The molecule has 0 aromatic carbocycles. The summed E-state index contributed by atoms with van der Waals surface area (Å²) in [6.45, 7) is 4.25. The number of carbonyl (C=O) groups excluding carboxylic acids is 1. The van der Waals surface area contributed by atoms with Crippen LogP contribution in [-0.2, 0) is 6.42 Å². The minimum Gasteiger partial charge on any atom is -0.364 e. The number of nitrogens with two attached hydrogens (primary N) is 1. The van der Waals surface area contributed by atoms with Crippen LogP contribution < -0.4 is 5.73 Å². The number of hydrogen-bond acceptors (Lipinski definition) is 3. The maximum absolute atomic E-state index is 11.3. The number of amides is 1. The Morgan fingerprint density at radius 3 is 2.59 bits per heavy atom. The Morgan fingerprint density at radius 2 is 2.12 bits per heavy atom. The van der Waals surface area contributed by atoms with E-state index in [1.807, 2.05) is 4.68 Å². The minimum atomic E-state index is -0.460. The molecule has 1 aliphatic rings. The van der Waals surface area contributed by atoms with Crippen LogP contribution in [0.4, 0.5) is 0 Å². The molecule has 1 fully saturated rings. The van der Waals surface area contributed by atoms with Crippen molar-refractivity contribution in [2.75, 3.05) is 0 Å². The molecule has 1 aliphatic carbocycles. The molecule has 1 amide bonds. The Hall–Kier alpha value is -1.39. The number of rotatable bonds is 6. The second-order valence-electron chi connectivity index (χ2n) is 4.81. The van der Waals surface area contributed by atoms with Gasteiger partial charge < -0.3 is 5.73 Å². The monoisotopic (exact) mass is 236 g/mol. The second-order valence-corrected chi connectivity index (χ2v) is 4.81. The summed E-state index contributed by atoms with van der Waals surface area (Å²) >= 11 is 0. The van der Waals surface area contributed by atoms with Gasteiger partial charge in [0.25, 0.3) is 5.91 Å². The number of primary amides is 1. The predicted octanol–water partition coefficient (Wildman–Crippen LogP) is 1.69. The van der Waals surface area contributed by atoms with Crippen molar-refractivity contribution in [2.24, 2.45) is 11.7 Å². The first-order valence-electron chi connectivity index (χ1n) is 6.41. The maximum atomic E-state index is 11.3. The fraction of sp³-hybridized carbons (Fsp3) is 0.750. The molecule has 17 heavy (non-hydrogen) atoms. The van der Waals surface area contributed by atoms with E-state index < -0.39 is 5.91 Å². The first kappa shape index (κ1) is 12.1. The van der Waals surface area contributed by atoms with Crippen molar-refractivity contribution in [3.8, 4) is 0 Å². The molecular formula is C12H20N4O. The summed E-state index contributed by atoms with van der Waals surface area (Å²) in [5.41, 5.74) is 6.66. The van der Waals surface area contributed by atoms with Crippen LogP contribution in [0.25, 0.3) is 0 Å². The van der Waals surface area contributed by atoms with Gasteiger partial charge in [-0.3, -0.25) is 4.79 Å². The van der Waals surface area contributed by atoms with Gasteiger partial charge in [0.15, 0.2) is 5.69 Å². The molecule has 0 bridgehead atoms. The molecule has 0 spiro atoms. The van der Waals surface area contributed by atoms with Crippen molar-refractivity contribution in [3.63, 3.8) is 0 Å². The topological polar surface area (TPSA) is 73.8 Å². The van der Waals surface area contributed by atoms with Crippen LogP contribution in [0.15, 0.2) is 0 Å². The molecule has 94 valence electrons. The molecule has 1 aromatic rings. The molecule has 1 saturated carbocycles. The van der Waals surface area contributed by atoms with E-state index in [2.05, 4.69) is 24.2 Å². The fourth-order valence-corrected chi connectivity index (χ4v) is 2.22. The van der Waals surface area contributed by atoms with Crippen molar-refractivity contribution in [1.29, 1.82) is 0 Å². The highest BCUT2D eigenvalue weighted by atomic mass is 16.1. The highest BCUT2D eigenvalue weighted by molar-refractivity contribution is 5.91. The maximum Gasteiger partial charge on any atom is 0.271 e. The van der Waals surface area contributed by atoms with Crippen LogP contribution in [0.2, 0.25) is 0 Å². The zero-order valence-electron chi connectivity index (χ0n) is 10.5. The van der Waals surface area contributed by atoms with Gasteiger partial charge in [0, 0.05) is 0 Å². The van der Waals surface area contributed by atoms with E-state index in [4.69, 9.17) is 5.73 Å². The van der Waals surface area contributed by atoms with E-state index in [9.17, 15) is 4.79 Å². The first-order valence-corrected chi connectivity index (χ1v) is 6.41. The van der Waals surface area contributed by atoms with Crippen LogP contribution in [0.3, 0.4) is 0 Å². The van der Waals surface area contributed by atoms with Gasteiger partial charge in [-0.05, 0) is 38.0 Å². The predicted molar refractivity (Wildman–Crippen MR) is 64.6 cm³/mol. The van der Waals surface area contributed by atoms with E-state index in [1.165, 1.54) is 12.8 Å². The Balaban J connectivity index is 2.32. The van der Waals surface area contributed by atoms with Crippen molar-refractivity contribution >= 4 is 5.91 Å². The lowest BCUT2D eigenvalue weighted by Gasteiger charge is -2.15. The number of carbonyl (C=O) groups is 1. The standard InChI is InChI=1S/C12H20N4O/c1-3-9(4-2)16-10(7-8-5-6-8)11(12(13)17)14-15-16/h8-9H,3-7H2,1-2H3,(H2,13,17).